The van der Waals surface area contributed by atoms with Crippen molar-refractivity contribution in [3.05, 3.63) is 48.6 Å². The van der Waals surface area contributed by atoms with Gasteiger partial charge in [-0.25, -0.2) is 0 Å². The number of rotatable bonds is 0. The molecule has 0 aromatic carbocycles. The van der Waals surface area contributed by atoms with Crippen LogP contribution < -0.4 is 0 Å². The maximum absolute atomic E-state index is 11.8. The molecule has 0 aromatic rings. The van der Waals surface area contributed by atoms with E-state index in [0.29, 0.717) is 6.42 Å². The lowest BCUT2D eigenvalue weighted by molar-refractivity contribution is -0.124. The Labute approximate surface area is 87.7 Å². The second-order valence-electron chi connectivity index (χ2n) is 4.28. The summed E-state index contributed by atoms with van der Waals surface area (Å²) in [4.78, 5) is 23.7. The van der Waals surface area contributed by atoms with Crippen molar-refractivity contribution in [3.8, 4) is 0 Å². The molecular formula is C13H10O2. The van der Waals surface area contributed by atoms with Crippen molar-refractivity contribution >= 4 is 11.6 Å². The highest BCUT2D eigenvalue weighted by Crippen LogP contribution is 2.68. The first-order chi connectivity index (χ1) is 7.21. The first-order valence-electron chi connectivity index (χ1n) is 5.02. The van der Waals surface area contributed by atoms with E-state index in [9.17, 15) is 9.59 Å². The first kappa shape index (κ1) is 8.60. The largest absolute Gasteiger partial charge is 0.294 e. The second kappa shape index (κ2) is 2.45. The van der Waals surface area contributed by atoms with Crippen LogP contribution in [0, 0.1) is 10.8 Å². The zero-order valence-corrected chi connectivity index (χ0v) is 8.14. The normalized spacial score (nSPS) is 40.8. The predicted molar refractivity (Wildman–Crippen MR) is 56.1 cm³/mol. The number of carbonyl (C=O) groups is 2. The summed E-state index contributed by atoms with van der Waals surface area (Å²) in [6, 6.07) is 0. The molecule has 3 aliphatic rings. The third-order valence-electron chi connectivity index (χ3n) is 3.59. The second-order valence-corrected chi connectivity index (χ2v) is 4.28. The SMILES string of the molecule is O=C1C=CC=CC12CC21C=CC=CC1=O. The van der Waals surface area contributed by atoms with Crippen LogP contribution in [0.1, 0.15) is 6.42 Å². The molecule has 0 saturated heterocycles. The summed E-state index contributed by atoms with van der Waals surface area (Å²) in [5.74, 6) is 0.108. The maximum Gasteiger partial charge on any atom is 0.166 e. The predicted octanol–water partition coefficient (Wildman–Crippen LogP) is 1.75. The molecule has 2 unspecified atom stereocenters. The summed E-state index contributed by atoms with van der Waals surface area (Å²) in [5, 5.41) is 0. The van der Waals surface area contributed by atoms with E-state index in [1.165, 1.54) is 0 Å². The summed E-state index contributed by atoms with van der Waals surface area (Å²) >= 11 is 0. The van der Waals surface area contributed by atoms with Gasteiger partial charge >= 0.3 is 0 Å². The van der Waals surface area contributed by atoms with Gasteiger partial charge in [-0.15, -0.1) is 0 Å². The quantitative estimate of drug-likeness (QED) is 0.594. The van der Waals surface area contributed by atoms with E-state index in [-0.39, 0.29) is 11.6 Å². The molecule has 2 atom stereocenters. The Morgan fingerprint density at radius 1 is 0.800 bits per heavy atom. The zero-order chi connectivity index (χ0) is 10.5. The molecule has 0 N–H and O–H groups in total. The summed E-state index contributed by atoms with van der Waals surface area (Å²) < 4.78 is 0. The van der Waals surface area contributed by atoms with Crippen molar-refractivity contribution in [1.29, 1.82) is 0 Å². The number of carbonyl (C=O) groups excluding carboxylic acids is 2. The van der Waals surface area contributed by atoms with Crippen LogP contribution in [0.3, 0.4) is 0 Å². The van der Waals surface area contributed by atoms with Crippen LogP contribution in [0.15, 0.2) is 48.6 Å². The van der Waals surface area contributed by atoms with E-state index in [1.807, 2.05) is 24.3 Å². The van der Waals surface area contributed by atoms with Gasteiger partial charge in [-0.3, -0.25) is 9.59 Å². The Morgan fingerprint density at radius 3 is 1.67 bits per heavy atom. The molecule has 74 valence electrons. The van der Waals surface area contributed by atoms with Gasteiger partial charge in [0.25, 0.3) is 0 Å². The fourth-order valence-electron chi connectivity index (χ4n) is 2.61. The number of hydrogen-bond acceptors (Lipinski definition) is 2. The van der Waals surface area contributed by atoms with E-state index in [4.69, 9.17) is 0 Å². The Morgan fingerprint density at radius 2 is 1.27 bits per heavy atom. The van der Waals surface area contributed by atoms with Crippen molar-refractivity contribution < 1.29 is 9.59 Å². The topological polar surface area (TPSA) is 34.1 Å². The molecule has 3 rings (SSSR count). The number of ketones is 2. The van der Waals surface area contributed by atoms with Crippen LogP contribution in [0.5, 0.6) is 0 Å². The fourth-order valence-corrected chi connectivity index (χ4v) is 2.61. The average Bonchev–Trinajstić information content (AvgIpc) is 2.87. The number of hydrogen-bond donors (Lipinski definition) is 0. The summed E-state index contributed by atoms with van der Waals surface area (Å²) in [7, 11) is 0. The third kappa shape index (κ3) is 0.845. The van der Waals surface area contributed by atoms with E-state index >= 15 is 0 Å². The first-order valence-corrected chi connectivity index (χ1v) is 5.02. The number of allylic oxidation sites excluding steroid dienone is 8. The fraction of sp³-hybridized carbons (Fsp3) is 0.231. The van der Waals surface area contributed by atoms with Gasteiger partial charge in [0.2, 0.25) is 0 Å². The Kier molecular flexibility index (Phi) is 1.41. The third-order valence-corrected chi connectivity index (χ3v) is 3.59. The highest BCUT2D eigenvalue weighted by atomic mass is 16.1. The van der Waals surface area contributed by atoms with Gasteiger partial charge in [0, 0.05) is 0 Å². The zero-order valence-electron chi connectivity index (χ0n) is 8.14. The minimum atomic E-state index is -0.569. The lowest BCUT2D eigenvalue weighted by Gasteiger charge is -2.19. The van der Waals surface area contributed by atoms with Gasteiger partial charge in [-0.05, 0) is 18.6 Å². The highest BCUT2D eigenvalue weighted by molar-refractivity contribution is 6.12. The van der Waals surface area contributed by atoms with Crippen LogP contribution in [0.25, 0.3) is 0 Å². The van der Waals surface area contributed by atoms with Crippen molar-refractivity contribution in [2.45, 2.75) is 6.42 Å². The Balaban J connectivity index is 2.07. The van der Waals surface area contributed by atoms with Gasteiger partial charge in [-0.1, -0.05) is 36.5 Å². The van der Waals surface area contributed by atoms with Crippen molar-refractivity contribution in [2.75, 3.05) is 0 Å². The van der Waals surface area contributed by atoms with Gasteiger partial charge in [0.05, 0.1) is 10.8 Å². The molecule has 0 bridgehead atoms. The molecule has 1 saturated carbocycles. The van der Waals surface area contributed by atoms with Crippen molar-refractivity contribution in [3.63, 3.8) is 0 Å². The number of fused-ring (bicyclic) bond motifs is 1. The summed E-state index contributed by atoms with van der Waals surface area (Å²) in [5.41, 5.74) is -1.14. The van der Waals surface area contributed by atoms with Crippen LogP contribution in [0.2, 0.25) is 0 Å². The molecule has 0 heterocycles. The van der Waals surface area contributed by atoms with Gasteiger partial charge < -0.3 is 0 Å². The molecular weight excluding hydrogens is 188 g/mol. The average molecular weight is 198 g/mol. The Hall–Kier alpha value is -1.70. The molecule has 3 aliphatic carbocycles. The standard InChI is InChI=1S/C13H10O2/c14-10-5-1-3-7-12(10)9-13(12)8-4-2-6-11(13)15/h1-8H,9H2. The maximum atomic E-state index is 11.8. The molecule has 15 heavy (non-hydrogen) atoms. The van der Waals surface area contributed by atoms with E-state index in [1.54, 1.807) is 24.3 Å². The van der Waals surface area contributed by atoms with Crippen LogP contribution >= 0.6 is 0 Å². The summed E-state index contributed by atoms with van der Waals surface area (Å²) in [6.45, 7) is 0. The van der Waals surface area contributed by atoms with Crippen LogP contribution in [0.4, 0.5) is 0 Å². The smallest absolute Gasteiger partial charge is 0.166 e. The van der Waals surface area contributed by atoms with E-state index < -0.39 is 10.8 Å². The van der Waals surface area contributed by atoms with Gasteiger partial charge in [-0.2, -0.15) is 0 Å². The summed E-state index contributed by atoms with van der Waals surface area (Å²) in [6.07, 6.45) is 14.7. The molecule has 1 fully saturated rings. The van der Waals surface area contributed by atoms with Crippen molar-refractivity contribution in [2.24, 2.45) is 10.8 Å². The Bertz CT molecular complexity index is 435. The van der Waals surface area contributed by atoms with E-state index in [0.717, 1.165) is 0 Å². The molecule has 0 amide bonds. The van der Waals surface area contributed by atoms with Gasteiger partial charge in [0.1, 0.15) is 0 Å². The molecule has 2 spiro atoms. The molecule has 0 aromatic heterocycles. The lowest BCUT2D eigenvalue weighted by Crippen LogP contribution is -2.27. The molecule has 2 nitrogen and oxygen atoms in total. The highest BCUT2D eigenvalue weighted by Gasteiger charge is 2.71. The molecule has 2 heteroatoms. The molecule has 0 aliphatic heterocycles. The minimum absolute atomic E-state index is 0.0540. The monoisotopic (exact) mass is 198 g/mol. The van der Waals surface area contributed by atoms with Crippen LogP contribution in [-0.4, -0.2) is 11.6 Å². The minimum Gasteiger partial charge on any atom is -0.294 e. The lowest BCUT2D eigenvalue weighted by atomic mass is 9.81. The molecule has 0 radical (unpaired) electrons. The van der Waals surface area contributed by atoms with Crippen LogP contribution in [-0.2, 0) is 9.59 Å². The van der Waals surface area contributed by atoms with E-state index in [2.05, 4.69) is 0 Å². The van der Waals surface area contributed by atoms with Gasteiger partial charge in [0.15, 0.2) is 11.6 Å². The van der Waals surface area contributed by atoms with Crippen molar-refractivity contribution in [1.82, 2.24) is 0 Å².